The molecule has 122 valence electrons. The summed E-state index contributed by atoms with van der Waals surface area (Å²) in [7, 11) is 4.79. The fourth-order valence-corrected chi connectivity index (χ4v) is 2.48. The molecule has 2 aromatic heterocycles. The summed E-state index contributed by atoms with van der Waals surface area (Å²) in [6.45, 7) is 0. The number of nitrogens with zero attached hydrogens (tertiary/aromatic N) is 2. The second-order valence-corrected chi connectivity index (χ2v) is 5.06. The number of rotatable bonds is 5. The molecule has 0 bridgehead atoms. The van der Waals surface area contributed by atoms with Gasteiger partial charge in [0, 0.05) is 18.0 Å². The van der Waals surface area contributed by atoms with Crippen LogP contribution >= 0.6 is 0 Å². The number of pyridine rings is 2. The molecule has 3 aromatic rings. The largest absolute Gasteiger partial charge is 0.493 e. The van der Waals surface area contributed by atoms with Crippen LogP contribution in [0.2, 0.25) is 0 Å². The Kier molecular flexibility index (Phi) is 4.61. The van der Waals surface area contributed by atoms with Gasteiger partial charge in [-0.15, -0.1) is 0 Å². The quantitative estimate of drug-likeness (QED) is 0.714. The molecule has 0 aliphatic heterocycles. The second kappa shape index (κ2) is 7.00. The van der Waals surface area contributed by atoms with Gasteiger partial charge < -0.3 is 14.2 Å². The fraction of sp³-hybridized carbons (Fsp3) is 0.158. The average molecular weight is 322 g/mol. The van der Waals surface area contributed by atoms with Gasteiger partial charge in [-0.2, -0.15) is 0 Å². The van der Waals surface area contributed by atoms with E-state index in [-0.39, 0.29) is 0 Å². The molecule has 0 saturated heterocycles. The average Bonchev–Trinajstić information content (AvgIpc) is 2.67. The summed E-state index contributed by atoms with van der Waals surface area (Å²) < 4.78 is 16.1. The minimum absolute atomic E-state index is 0.571. The van der Waals surface area contributed by atoms with Crippen LogP contribution < -0.4 is 14.2 Å². The molecule has 0 spiro atoms. The fourth-order valence-electron chi connectivity index (χ4n) is 2.48. The first-order valence-electron chi connectivity index (χ1n) is 7.44. The Hall–Kier alpha value is -3.08. The molecule has 0 atom stereocenters. The molecule has 3 rings (SSSR count). The van der Waals surface area contributed by atoms with Crippen LogP contribution in [0.3, 0.4) is 0 Å². The molecule has 0 fully saturated rings. The van der Waals surface area contributed by atoms with Crippen LogP contribution in [0, 0.1) is 0 Å². The van der Waals surface area contributed by atoms with E-state index in [0.717, 1.165) is 22.5 Å². The maximum absolute atomic E-state index is 5.40. The van der Waals surface area contributed by atoms with Crippen molar-refractivity contribution in [2.24, 2.45) is 0 Å². The molecule has 0 aliphatic carbocycles. The third-order valence-electron chi connectivity index (χ3n) is 3.69. The first-order valence-corrected chi connectivity index (χ1v) is 7.44. The molecule has 1 aromatic carbocycles. The molecule has 5 heteroatoms. The highest BCUT2D eigenvalue weighted by atomic mass is 16.5. The van der Waals surface area contributed by atoms with Gasteiger partial charge in [0.15, 0.2) is 11.5 Å². The van der Waals surface area contributed by atoms with Crippen molar-refractivity contribution in [2.45, 2.75) is 0 Å². The molecule has 0 saturated carbocycles. The molecule has 0 radical (unpaired) electrons. The van der Waals surface area contributed by atoms with Crippen molar-refractivity contribution >= 4 is 0 Å². The van der Waals surface area contributed by atoms with Crippen molar-refractivity contribution in [2.75, 3.05) is 21.3 Å². The van der Waals surface area contributed by atoms with Crippen molar-refractivity contribution < 1.29 is 14.2 Å². The molecule has 0 amide bonds. The van der Waals surface area contributed by atoms with Crippen molar-refractivity contribution in [1.82, 2.24) is 9.97 Å². The zero-order chi connectivity index (χ0) is 16.9. The smallest absolute Gasteiger partial charge is 0.203 e. The lowest BCUT2D eigenvalue weighted by molar-refractivity contribution is 0.324. The second-order valence-electron chi connectivity index (χ2n) is 5.06. The van der Waals surface area contributed by atoms with E-state index in [1.807, 2.05) is 48.7 Å². The molecule has 0 aliphatic rings. The van der Waals surface area contributed by atoms with E-state index in [9.17, 15) is 0 Å². The lowest BCUT2D eigenvalue weighted by Crippen LogP contribution is -1.96. The van der Waals surface area contributed by atoms with Gasteiger partial charge in [-0.25, -0.2) is 0 Å². The van der Waals surface area contributed by atoms with Crippen LogP contribution in [0.1, 0.15) is 0 Å². The van der Waals surface area contributed by atoms with Gasteiger partial charge in [0.2, 0.25) is 5.75 Å². The maximum Gasteiger partial charge on any atom is 0.203 e. The van der Waals surface area contributed by atoms with Gasteiger partial charge in [-0.3, -0.25) is 9.97 Å². The number of hydrogen-bond donors (Lipinski definition) is 0. The first kappa shape index (κ1) is 15.8. The molecule has 0 unspecified atom stereocenters. The summed E-state index contributed by atoms with van der Waals surface area (Å²) >= 11 is 0. The summed E-state index contributed by atoms with van der Waals surface area (Å²) in [5.41, 5.74) is 3.55. The summed E-state index contributed by atoms with van der Waals surface area (Å²) in [5.74, 6) is 1.79. The van der Waals surface area contributed by atoms with Crippen LogP contribution in [-0.4, -0.2) is 31.3 Å². The number of aromatic nitrogens is 2. The minimum atomic E-state index is 0.571. The van der Waals surface area contributed by atoms with Gasteiger partial charge in [-0.05, 0) is 35.9 Å². The van der Waals surface area contributed by atoms with E-state index in [1.54, 1.807) is 27.5 Å². The Morgan fingerprint density at radius 1 is 0.708 bits per heavy atom. The van der Waals surface area contributed by atoms with Crippen molar-refractivity contribution in [3.8, 4) is 39.8 Å². The lowest BCUT2D eigenvalue weighted by atomic mass is 10.1. The van der Waals surface area contributed by atoms with Crippen LogP contribution in [0.5, 0.6) is 17.2 Å². The normalized spacial score (nSPS) is 10.3. The number of methoxy groups -OCH3 is 3. The van der Waals surface area contributed by atoms with Gasteiger partial charge >= 0.3 is 0 Å². The van der Waals surface area contributed by atoms with E-state index >= 15 is 0 Å². The van der Waals surface area contributed by atoms with Crippen molar-refractivity contribution in [1.29, 1.82) is 0 Å². The van der Waals surface area contributed by atoms with Gasteiger partial charge in [-0.1, -0.05) is 12.1 Å². The van der Waals surface area contributed by atoms with E-state index < -0.39 is 0 Å². The van der Waals surface area contributed by atoms with E-state index in [0.29, 0.717) is 17.2 Å². The summed E-state index contributed by atoms with van der Waals surface area (Å²) in [4.78, 5) is 8.81. The Morgan fingerprint density at radius 3 is 1.92 bits per heavy atom. The highest BCUT2D eigenvalue weighted by molar-refractivity contribution is 5.71. The molecular formula is C19H18N2O3. The number of benzene rings is 1. The molecular weight excluding hydrogens is 304 g/mol. The highest BCUT2D eigenvalue weighted by Gasteiger charge is 2.14. The van der Waals surface area contributed by atoms with E-state index in [4.69, 9.17) is 14.2 Å². The maximum atomic E-state index is 5.40. The highest BCUT2D eigenvalue weighted by Crippen LogP contribution is 2.41. The third-order valence-corrected chi connectivity index (χ3v) is 3.69. The number of hydrogen-bond acceptors (Lipinski definition) is 5. The topological polar surface area (TPSA) is 53.5 Å². The molecule has 5 nitrogen and oxygen atoms in total. The number of ether oxygens (including phenoxy) is 3. The predicted octanol–water partition coefficient (Wildman–Crippen LogP) is 3.84. The van der Waals surface area contributed by atoms with Crippen LogP contribution in [-0.2, 0) is 0 Å². The summed E-state index contributed by atoms with van der Waals surface area (Å²) in [5, 5.41) is 0. The lowest BCUT2D eigenvalue weighted by Gasteiger charge is -2.14. The van der Waals surface area contributed by atoms with Crippen LogP contribution in [0.25, 0.3) is 22.5 Å². The molecule has 2 heterocycles. The Labute approximate surface area is 140 Å². The first-order chi connectivity index (χ1) is 11.8. The van der Waals surface area contributed by atoms with Gasteiger partial charge in [0.25, 0.3) is 0 Å². The summed E-state index contributed by atoms with van der Waals surface area (Å²) in [6.07, 6.45) is 3.56. The monoisotopic (exact) mass is 322 g/mol. The Morgan fingerprint density at radius 2 is 1.42 bits per heavy atom. The standard InChI is InChI=1S/C19H18N2O3/c1-22-17-10-14(11-18(23-2)19(17)24-3)13-7-8-16(21-12-13)15-6-4-5-9-20-15/h4-12H,1-3H3. The van der Waals surface area contributed by atoms with Crippen LogP contribution in [0.4, 0.5) is 0 Å². The zero-order valence-corrected chi connectivity index (χ0v) is 13.8. The van der Waals surface area contributed by atoms with E-state index in [2.05, 4.69) is 9.97 Å². The van der Waals surface area contributed by atoms with Crippen LogP contribution in [0.15, 0.2) is 54.9 Å². The van der Waals surface area contributed by atoms with Crippen molar-refractivity contribution in [3.63, 3.8) is 0 Å². The SMILES string of the molecule is COc1cc(-c2ccc(-c3ccccn3)nc2)cc(OC)c1OC. The zero-order valence-electron chi connectivity index (χ0n) is 13.8. The predicted molar refractivity (Wildman–Crippen MR) is 92.6 cm³/mol. The Balaban J connectivity index is 2.00. The van der Waals surface area contributed by atoms with E-state index in [1.165, 1.54) is 0 Å². The minimum Gasteiger partial charge on any atom is -0.493 e. The Bertz CT molecular complexity index is 793. The van der Waals surface area contributed by atoms with Crippen molar-refractivity contribution in [3.05, 3.63) is 54.9 Å². The third kappa shape index (κ3) is 3.01. The van der Waals surface area contributed by atoms with Gasteiger partial charge in [0.05, 0.1) is 32.7 Å². The van der Waals surface area contributed by atoms with Gasteiger partial charge in [0.1, 0.15) is 0 Å². The molecule has 0 N–H and O–H groups in total. The summed E-state index contributed by atoms with van der Waals surface area (Å²) in [6, 6.07) is 13.5. The molecule has 24 heavy (non-hydrogen) atoms.